The third kappa shape index (κ3) is 7.93. The Morgan fingerprint density at radius 2 is 1.81 bits per heavy atom. The number of nitrogens with zero attached hydrogens (tertiary/aromatic N) is 7. The second-order valence-corrected chi connectivity index (χ2v) is 12.4. The Morgan fingerprint density at radius 1 is 1.07 bits per heavy atom. The second kappa shape index (κ2) is 15.2. The van der Waals surface area contributed by atoms with Crippen molar-refractivity contribution in [2.75, 3.05) is 56.7 Å². The number of fused-ring (bicyclic) bond motifs is 1. The minimum absolute atomic E-state index is 0.0110. The first-order chi connectivity index (χ1) is 25.6. The number of carbonyl (C=O) groups excluding carboxylic acids is 2. The number of methoxy groups -OCH3 is 1. The molecule has 0 unspecified atom stereocenters. The Bertz CT molecular complexity index is 2180. The highest BCUT2D eigenvalue weighted by molar-refractivity contribution is 6.33. The number of amides is 2. The molecule has 2 amide bonds. The summed E-state index contributed by atoms with van der Waals surface area (Å²) in [4.78, 5) is 52.8. The van der Waals surface area contributed by atoms with Gasteiger partial charge >= 0.3 is 12.5 Å². The molecule has 0 atom stereocenters. The molecule has 0 spiro atoms. The van der Waals surface area contributed by atoms with E-state index >= 15 is 0 Å². The number of piperazine rings is 1. The van der Waals surface area contributed by atoms with E-state index in [1.165, 1.54) is 9.47 Å². The Kier molecular flexibility index (Phi) is 10.8. The molecule has 288 valence electrons. The molecule has 21 heteroatoms. The van der Waals surface area contributed by atoms with Crippen molar-refractivity contribution in [2.45, 2.75) is 38.8 Å². The van der Waals surface area contributed by atoms with Crippen molar-refractivity contribution in [3.05, 3.63) is 74.7 Å². The van der Waals surface area contributed by atoms with Gasteiger partial charge in [0, 0.05) is 38.4 Å². The van der Waals surface area contributed by atoms with E-state index in [9.17, 15) is 40.7 Å². The summed E-state index contributed by atoms with van der Waals surface area (Å²) in [6, 6.07) is 3.43. The van der Waals surface area contributed by atoms with E-state index in [4.69, 9.17) is 21.1 Å². The van der Waals surface area contributed by atoms with Gasteiger partial charge in [0.2, 0.25) is 11.7 Å². The maximum Gasteiger partial charge on any atom is 0.573 e. The molecule has 1 aromatic carbocycles. The Morgan fingerprint density at radius 3 is 2.43 bits per heavy atom. The zero-order valence-corrected chi connectivity index (χ0v) is 29.3. The molecule has 0 bridgehead atoms. The first-order valence-corrected chi connectivity index (χ1v) is 16.8. The van der Waals surface area contributed by atoms with Crippen LogP contribution in [-0.4, -0.2) is 93.7 Å². The van der Waals surface area contributed by atoms with E-state index in [1.54, 1.807) is 17.9 Å². The fraction of sp³-hybridized carbons (Fsp3) is 0.394. The van der Waals surface area contributed by atoms with Crippen LogP contribution in [0.4, 0.5) is 37.7 Å². The van der Waals surface area contributed by atoms with Gasteiger partial charge in [0.05, 0.1) is 42.3 Å². The maximum atomic E-state index is 14.2. The van der Waals surface area contributed by atoms with Gasteiger partial charge in [0.15, 0.2) is 23.0 Å². The molecule has 4 aromatic rings. The Labute approximate surface area is 306 Å². The summed E-state index contributed by atoms with van der Waals surface area (Å²) < 4.78 is 95.6. The van der Waals surface area contributed by atoms with Gasteiger partial charge in [-0.2, -0.15) is 22.7 Å². The smallest absolute Gasteiger partial charge is 0.491 e. The van der Waals surface area contributed by atoms with Crippen LogP contribution < -0.4 is 25.2 Å². The normalized spacial score (nSPS) is 15.3. The first-order valence-electron chi connectivity index (χ1n) is 16.4. The third-order valence-electron chi connectivity index (χ3n) is 8.67. The van der Waals surface area contributed by atoms with Gasteiger partial charge in [0.25, 0.3) is 11.5 Å². The fourth-order valence-electron chi connectivity index (χ4n) is 6.19. The van der Waals surface area contributed by atoms with Gasteiger partial charge in [-0.15, -0.1) is 18.3 Å². The molecule has 14 nitrogen and oxygen atoms in total. The van der Waals surface area contributed by atoms with Crippen molar-refractivity contribution in [3.63, 3.8) is 0 Å². The molecule has 2 aliphatic heterocycles. The second-order valence-electron chi connectivity index (χ2n) is 12.0. The van der Waals surface area contributed by atoms with E-state index in [0.29, 0.717) is 31.4 Å². The average Bonchev–Trinajstić information content (AvgIpc) is 3.59. The van der Waals surface area contributed by atoms with Crippen LogP contribution in [-0.2, 0) is 28.7 Å². The highest BCUT2D eigenvalue weighted by Crippen LogP contribution is 2.36. The Hall–Kier alpha value is -5.37. The van der Waals surface area contributed by atoms with Crippen molar-refractivity contribution in [1.29, 1.82) is 0 Å². The lowest BCUT2D eigenvalue weighted by Crippen LogP contribution is -2.51. The first kappa shape index (κ1) is 38.4. The lowest BCUT2D eigenvalue weighted by molar-refractivity contribution is -0.275. The van der Waals surface area contributed by atoms with E-state index in [2.05, 4.69) is 25.1 Å². The van der Waals surface area contributed by atoms with Crippen molar-refractivity contribution in [3.8, 4) is 11.5 Å². The topological polar surface area (TPSA) is 145 Å². The van der Waals surface area contributed by atoms with Gasteiger partial charge < -0.3 is 33.9 Å². The van der Waals surface area contributed by atoms with Crippen LogP contribution in [0.2, 0.25) is 5.02 Å². The maximum absolute atomic E-state index is 14.2. The summed E-state index contributed by atoms with van der Waals surface area (Å²) in [6.07, 6.45) is -6.26. The molecular formula is C33H31ClF6N8O6. The number of halogens is 7. The van der Waals surface area contributed by atoms with Gasteiger partial charge in [-0.05, 0) is 36.6 Å². The van der Waals surface area contributed by atoms with Gasteiger partial charge in [-0.1, -0.05) is 24.6 Å². The van der Waals surface area contributed by atoms with E-state index < -0.39 is 59.2 Å². The van der Waals surface area contributed by atoms with Crippen LogP contribution in [0.5, 0.6) is 11.5 Å². The number of pyridine rings is 1. The van der Waals surface area contributed by atoms with Crippen LogP contribution >= 0.6 is 11.6 Å². The van der Waals surface area contributed by atoms with Gasteiger partial charge in [-0.25, -0.2) is 4.98 Å². The highest BCUT2D eigenvalue weighted by Gasteiger charge is 2.36. The highest BCUT2D eigenvalue weighted by atomic mass is 35.5. The van der Waals surface area contributed by atoms with Crippen molar-refractivity contribution in [2.24, 2.45) is 0 Å². The van der Waals surface area contributed by atoms with Crippen LogP contribution in [0.3, 0.4) is 0 Å². The molecule has 3 aromatic heterocycles. The minimum Gasteiger partial charge on any atom is -0.491 e. The molecule has 1 N–H and O–H groups in total. The lowest BCUT2D eigenvalue weighted by atomic mass is 10.1. The number of benzene rings is 1. The molecule has 1 fully saturated rings. The monoisotopic (exact) mass is 784 g/mol. The molecule has 1 saturated heterocycles. The summed E-state index contributed by atoms with van der Waals surface area (Å²) in [6.45, 7) is 2.20. The number of hydrogen-bond donors (Lipinski definition) is 1. The van der Waals surface area contributed by atoms with Crippen LogP contribution in [0.1, 0.15) is 40.9 Å². The lowest BCUT2D eigenvalue weighted by Gasteiger charge is -2.36. The summed E-state index contributed by atoms with van der Waals surface area (Å²) in [7, 11) is 1.08. The molecular weight excluding hydrogens is 754 g/mol. The van der Waals surface area contributed by atoms with E-state index in [0.717, 1.165) is 41.6 Å². The molecule has 0 saturated carbocycles. The van der Waals surface area contributed by atoms with Crippen LogP contribution in [0.25, 0.3) is 11.4 Å². The number of ether oxygens (including phenoxy) is 3. The number of carbonyl (C=O) groups is 2. The number of hydrogen-bond acceptors (Lipinski definition) is 10. The SMILES string of the molecule is CCc1c(N2CCN(C(=O)c3nccc(OC(F)(F)F)c3OC)CC2)c(=O)n2nc(C3=CCOCC3)nc2n1CC(=O)Nc1ccc(C(F)(F)F)cc1Cl. The summed E-state index contributed by atoms with van der Waals surface area (Å²) in [5, 5.41) is 6.68. The number of anilines is 2. The molecule has 2 aliphatic rings. The molecule has 5 heterocycles. The third-order valence-corrected chi connectivity index (χ3v) is 8.98. The molecule has 54 heavy (non-hydrogen) atoms. The number of aromatic nitrogens is 5. The summed E-state index contributed by atoms with van der Waals surface area (Å²) in [5.41, 5.74) is -0.769. The number of rotatable bonds is 9. The summed E-state index contributed by atoms with van der Waals surface area (Å²) >= 11 is 6.09. The quantitative estimate of drug-likeness (QED) is 0.234. The zero-order chi connectivity index (χ0) is 38.9. The number of nitrogens with one attached hydrogen (secondary N) is 1. The van der Waals surface area contributed by atoms with Crippen molar-refractivity contribution < 1.29 is 50.1 Å². The van der Waals surface area contributed by atoms with Crippen molar-refractivity contribution in [1.82, 2.24) is 29.0 Å². The average molecular weight is 785 g/mol. The largest absolute Gasteiger partial charge is 0.573 e. The van der Waals surface area contributed by atoms with Crippen molar-refractivity contribution >= 4 is 46.1 Å². The molecule has 6 rings (SSSR count). The van der Waals surface area contributed by atoms with Crippen LogP contribution in [0, 0.1) is 0 Å². The number of alkyl halides is 6. The van der Waals surface area contributed by atoms with E-state index in [1.807, 2.05) is 0 Å². The van der Waals surface area contributed by atoms with Gasteiger partial charge in [0.1, 0.15) is 12.2 Å². The molecule has 0 radical (unpaired) electrons. The van der Waals surface area contributed by atoms with Gasteiger partial charge in [-0.3, -0.25) is 14.4 Å². The minimum atomic E-state index is -5.05. The standard InChI is InChI=1S/C33H31ClF6N8O6/c1-3-22-26(45-10-12-46(13-11-45)29(50)25-27(52-2)23(6-9-41-25)54-33(38,39)40)30(51)48-31(43-28(44-48)18-7-14-53-15-8-18)47(22)17-24(49)42-21-5-4-19(16-20(21)34)32(35,36)37/h4-7,9,16H,3,8,10-15,17H2,1-2H3,(H,42,49). The van der Waals surface area contributed by atoms with Crippen LogP contribution in [0.15, 0.2) is 41.3 Å². The zero-order valence-electron chi connectivity index (χ0n) is 28.6. The van der Waals surface area contributed by atoms with E-state index in [-0.39, 0.29) is 60.6 Å². The fourth-order valence-corrected chi connectivity index (χ4v) is 6.42. The predicted molar refractivity (Wildman–Crippen MR) is 181 cm³/mol. The predicted octanol–water partition coefficient (Wildman–Crippen LogP) is 4.83. The summed E-state index contributed by atoms with van der Waals surface area (Å²) in [5.74, 6) is -2.39. The Balaban J connectivity index is 1.32. The molecule has 0 aliphatic carbocycles.